The number of carbonyl (C=O) groups excluding carboxylic acids is 1. The summed E-state index contributed by atoms with van der Waals surface area (Å²) in [6.45, 7) is 11.8. The third-order valence-corrected chi connectivity index (χ3v) is 8.31. The number of benzene rings is 1. The van der Waals surface area contributed by atoms with Gasteiger partial charge >= 0.3 is 6.09 Å². The Balaban J connectivity index is 2.16. The Labute approximate surface area is 192 Å². The fraction of sp³-hybridized carbons (Fsp3) is 0.696. The first-order valence-electron chi connectivity index (χ1n) is 11.3. The first-order valence-corrected chi connectivity index (χ1v) is 14.5. The minimum atomic E-state index is -2.02. The van der Waals surface area contributed by atoms with Crippen molar-refractivity contribution in [1.29, 1.82) is 0 Å². The zero-order valence-electron chi connectivity index (χ0n) is 20.0. The molecule has 3 atom stereocenters. The molecule has 0 saturated carbocycles. The Kier molecular flexibility index (Phi) is 9.58. The lowest BCUT2D eigenvalue weighted by Crippen LogP contribution is -2.56. The fourth-order valence-electron chi connectivity index (χ4n) is 4.68. The van der Waals surface area contributed by atoms with Crippen LogP contribution >= 0.6 is 0 Å². The van der Waals surface area contributed by atoms with E-state index in [-0.39, 0.29) is 37.1 Å². The van der Waals surface area contributed by atoms with Crippen LogP contribution in [-0.4, -0.2) is 55.8 Å². The summed E-state index contributed by atoms with van der Waals surface area (Å²) < 4.78 is 12.3. The van der Waals surface area contributed by atoms with Gasteiger partial charge in [0.05, 0.1) is 24.8 Å². The van der Waals surface area contributed by atoms with Crippen LogP contribution in [0.1, 0.15) is 45.6 Å². The minimum absolute atomic E-state index is 0.0323. The Morgan fingerprint density at radius 3 is 2.66 bits per heavy atom. The third-order valence-electron chi connectivity index (χ3n) is 5.45. The molecule has 0 bridgehead atoms. The second kappa shape index (κ2) is 11.7. The van der Waals surface area contributed by atoms with E-state index >= 15 is 0 Å². The van der Waals surface area contributed by atoms with Gasteiger partial charge in [-0.2, -0.15) is 0 Å². The van der Waals surface area contributed by atoms with Crippen LogP contribution < -0.4 is 0 Å². The molecule has 1 aliphatic heterocycles. The normalized spacial score (nSPS) is 20.4. The lowest BCUT2D eigenvalue weighted by atomic mass is 9.94. The molecule has 0 aliphatic carbocycles. The second-order valence-corrected chi connectivity index (χ2v) is 14.5. The molecule has 0 spiro atoms. The first-order chi connectivity index (χ1) is 15.0. The van der Waals surface area contributed by atoms with Crippen molar-refractivity contribution in [2.75, 3.05) is 13.1 Å². The summed E-state index contributed by atoms with van der Waals surface area (Å²) in [4.78, 5) is 17.4. The SMILES string of the molecule is CC(C)(C)C[Si](C)(C)O[C@H]1CCCN(C(=O)OCc2ccccc2)[C@@H]1C[C@H](O)CN=[N+]=[N-]. The number of hydrogen-bond donors (Lipinski definition) is 1. The number of azide groups is 1. The Bertz CT molecular complexity index is 778. The van der Waals surface area contributed by atoms with Crippen molar-refractivity contribution >= 4 is 14.4 Å². The van der Waals surface area contributed by atoms with E-state index in [1.165, 1.54) is 0 Å². The average molecular weight is 463 g/mol. The minimum Gasteiger partial charge on any atom is -0.445 e. The van der Waals surface area contributed by atoms with Gasteiger partial charge in [-0.15, -0.1) is 0 Å². The smallest absolute Gasteiger partial charge is 0.410 e. The number of rotatable bonds is 9. The Morgan fingerprint density at radius 2 is 2.03 bits per heavy atom. The van der Waals surface area contributed by atoms with Crippen molar-refractivity contribution in [3.05, 3.63) is 46.3 Å². The molecular weight excluding hydrogens is 424 g/mol. The van der Waals surface area contributed by atoms with Gasteiger partial charge in [0.25, 0.3) is 0 Å². The molecule has 0 aromatic heterocycles. The molecule has 1 aromatic carbocycles. The van der Waals surface area contributed by atoms with Crippen LogP contribution in [0, 0.1) is 5.41 Å². The molecule has 2 rings (SSSR count). The number of amides is 1. The van der Waals surface area contributed by atoms with Gasteiger partial charge in [-0.1, -0.05) is 56.2 Å². The molecule has 0 radical (unpaired) electrons. The van der Waals surface area contributed by atoms with Crippen molar-refractivity contribution in [1.82, 2.24) is 4.90 Å². The number of nitrogens with zero attached hydrogens (tertiary/aromatic N) is 4. The quantitative estimate of drug-likeness (QED) is 0.227. The molecule has 1 aromatic rings. The summed E-state index contributed by atoms with van der Waals surface area (Å²) >= 11 is 0. The highest BCUT2D eigenvalue weighted by molar-refractivity contribution is 6.71. The number of aliphatic hydroxyl groups excluding tert-OH is 1. The second-order valence-electron chi connectivity index (χ2n) is 10.4. The molecule has 9 heteroatoms. The number of likely N-dealkylation sites (tertiary alicyclic amines) is 1. The van der Waals surface area contributed by atoms with Gasteiger partial charge in [0, 0.05) is 11.5 Å². The van der Waals surface area contributed by atoms with Gasteiger partial charge < -0.3 is 19.2 Å². The standard InChI is InChI=1S/C23H38N4O4Si/c1-23(2,3)17-32(4,5)31-21-12-9-13-27(20(21)14-19(28)15-25-26-24)22(29)30-16-18-10-7-6-8-11-18/h6-8,10-11,19-21,28H,9,12-17H2,1-5H3/t19-,20+,21-/m0/s1. The highest BCUT2D eigenvalue weighted by Crippen LogP contribution is 2.33. The maximum Gasteiger partial charge on any atom is 0.410 e. The van der Waals surface area contributed by atoms with Crippen LogP contribution in [0.3, 0.4) is 0 Å². The molecule has 0 unspecified atom stereocenters. The molecule has 1 aliphatic rings. The highest BCUT2D eigenvalue weighted by atomic mass is 28.4. The van der Waals surface area contributed by atoms with E-state index in [0.29, 0.717) is 6.54 Å². The lowest BCUT2D eigenvalue weighted by Gasteiger charge is -2.44. The third kappa shape index (κ3) is 8.82. The summed E-state index contributed by atoms with van der Waals surface area (Å²) in [6, 6.07) is 10.2. The monoisotopic (exact) mass is 462 g/mol. The molecule has 1 saturated heterocycles. The van der Waals surface area contributed by atoms with E-state index in [9.17, 15) is 9.90 Å². The summed E-state index contributed by atoms with van der Waals surface area (Å²) in [5.41, 5.74) is 9.66. The fourth-order valence-corrected chi connectivity index (χ4v) is 8.41. The zero-order valence-corrected chi connectivity index (χ0v) is 21.0. The van der Waals surface area contributed by atoms with Crippen LogP contribution in [0.15, 0.2) is 35.4 Å². The van der Waals surface area contributed by atoms with Crippen LogP contribution in [-0.2, 0) is 15.8 Å². The van der Waals surface area contributed by atoms with Crippen LogP contribution in [0.5, 0.6) is 0 Å². The van der Waals surface area contributed by atoms with Gasteiger partial charge in [-0.05, 0) is 54.9 Å². The van der Waals surface area contributed by atoms with E-state index in [0.717, 1.165) is 24.4 Å². The highest BCUT2D eigenvalue weighted by Gasteiger charge is 2.41. The van der Waals surface area contributed by atoms with Crippen molar-refractivity contribution in [3.63, 3.8) is 0 Å². The van der Waals surface area contributed by atoms with E-state index < -0.39 is 20.5 Å². The summed E-state index contributed by atoms with van der Waals surface area (Å²) in [5.74, 6) is 0. The largest absolute Gasteiger partial charge is 0.445 e. The van der Waals surface area contributed by atoms with Crippen LogP contribution in [0.2, 0.25) is 19.1 Å². The number of aliphatic hydroxyl groups is 1. The van der Waals surface area contributed by atoms with Gasteiger partial charge in [-0.3, -0.25) is 0 Å². The topological polar surface area (TPSA) is 108 Å². The van der Waals surface area contributed by atoms with Crippen LogP contribution in [0.4, 0.5) is 4.79 Å². The summed E-state index contributed by atoms with van der Waals surface area (Å²) in [6.07, 6.45) is 0.480. The summed E-state index contributed by atoms with van der Waals surface area (Å²) in [5, 5.41) is 13.9. The van der Waals surface area contributed by atoms with Crippen molar-refractivity contribution in [2.45, 2.75) is 84.0 Å². The van der Waals surface area contributed by atoms with Gasteiger partial charge in [0.15, 0.2) is 8.32 Å². The maximum absolute atomic E-state index is 13.0. The van der Waals surface area contributed by atoms with Crippen molar-refractivity contribution < 1.29 is 19.1 Å². The number of piperidine rings is 1. The lowest BCUT2D eigenvalue weighted by molar-refractivity contribution is -0.00859. The molecule has 178 valence electrons. The van der Waals surface area contributed by atoms with Gasteiger partial charge in [-0.25, -0.2) is 4.79 Å². The predicted molar refractivity (Wildman–Crippen MR) is 128 cm³/mol. The molecule has 1 heterocycles. The predicted octanol–water partition coefficient (Wildman–Crippen LogP) is 5.49. The molecule has 1 fully saturated rings. The van der Waals surface area contributed by atoms with Gasteiger partial charge in [0.2, 0.25) is 0 Å². The molecule has 32 heavy (non-hydrogen) atoms. The Morgan fingerprint density at radius 1 is 1.34 bits per heavy atom. The number of hydrogen-bond acceptors (Lipinski definition) is 5. The van der Waals surface area contributed by atoms with E-state index in [2.05, 4.69) is 43.9 Å². The van der Waals surface area contributed by atoms with Crippen molar-refractivity contribution in [2.24, 2.45) is 10.5 Å². The summed E-state index contributed by atoms with van der Waals surface area (Å²) in [7, 11) is -2.02. The Hall–Kier alpha value is -2.06. The average Bonchev–Trinajstić information content (AvgIpc) is 2.70. The number of ether oxygens (including phenoxy) is 1. The maximum atomic E-state index is 13.0. The molecular formula is C23H38N4O4Si. The molecule has 1 amide bonds. The van der Waals surface area contributed by atoms with E-state index in [1.807, 2.05) is 30.3 Å². The first kappa shape index (κ1) is 26.2. The van der Waals surface area contributed by atoms with E-state index in [4.69, 9.17) is 14.7 Å². The van der Waals surface area contributed by atoms with Crippen molar-refractivity contribution in [3.8, 4) is 0 Å². The molecule has 1 N–H and O–H groups in total. The van der Waals surface area contributed by atoms with Crippen LogP contribution in [0.25, 0.3) is 10.4 Å². The zero-order chi connectivity index (χ0) is 23.8. The van der Waals surface area contributed by atoms with Gasteiger partial charge in [0.1, 0.15) is 6.61 Å². The number of carbonyl (C=O) groups is 1. The van der Waals surface area contributed by atoms with E-state index in [1.54, 1.807) is 4.90 Å². The molecule has 8 nitrogen and oxygen atoms in total.